The molecule has 1 aromatic heterocycles. The third-order valence-corrected chi connectivity index (χ3v) is 3.04. The lowest BCUT2D eigenvalue weighted by Crippen LogP contribution is -2.43. The molecule has 0 aromatic carbocycles. The fourth-order valence-electron chi connectivity index (χ4n) is 2.05. The maximum Gasteiger partial charge on any atom is 0.327 e. The van der Waals surface area contributed by atoms with Gasteiger partial charge < -0.3 is 4.74 Å². The van der Waals surface area contributed by atoms with Gasteiger partial charge in [-0.25, -0.2) is 0 Å². The minimum absolute atomic E-state index is 0.254. The number of rotatable bonds is 7. The van der Waals surface area contributed by atoms with Gasteiger partial charge in [0.25, 0.3) is 0 Å². The van der Waals surface area contributed by atoms with Crippen LogP contribution in [0.3, 0.4) is 0 Å². The molecule has 0 radical (unpaired) electrons. The van der Waals surface area contributed by atoms with Crippen LogP contribution in [0.1, 0.15) is 19.5 Å². The number of hydrogen-bond acceptors (Lipinski definition) is 4. The molecule has 1 unspecified atom stereocenters. The highest BCUT2D eigenvalue weighted by molar-refractivity contribution is 5.79. The van der Waals surface area contributed by atoms with E-state index in [-0.39, 0.29) is 12.0 Å². The lowest BCUT2D eigenvalue weighted by atomic mass is 10.1. The second-order valence-corrected chi connectivity index (χ2v) is 4.47. The first-order valence-electron chi connectivity index (χ1n) is 6.47. The number of hydrogen-bond donors (Lipinski definition) is 0. The van der Waals surface area contributed by atoms with E-state index in [1.807, 2.05) is 32.0 Å². The number of aromatic nitrogens is 1. The van der Waals surface area contributed by atoms with Gasteiger partial charge in [-0.2, -0.15) is 0 Å². The van der Waals surface area contributed by atoms with Crippen molar-refractivity contribution < 1.29 is 9.53 Å². The molecule has 0 N–H and O–H groups in total. The SMILES string of the molecule is C=C(C)C(C(=O)OC)N(CC)CCc1ccccn1. The number of likely N-dealkylation sites (N-methyl/N-ethyl adjacent to an activating group) is 1. The van der Waals surface area contributed by atoms with Crippen LogP contribution in [0.25, 0.3) is 0 Å². The molecule has 0 amide bonds. The normalized spacial score (nSPS) is 12.2. The Morgan fingerprint density at radius 1 is 1.53 bits per heavy atom. The van der Waals surface area contributed by atoms with E-state index in [4.69, 9.17) is 4.74 Å². The van der Waals surface area contributed by atoms with Gasteiger partial charge in [-0.3, -0.25) is 14.7 Å². The summed E-state index contributed by atoms with van der Waals surface area (Å²) in [5, 5.41) is 0. The third-order valence-electron chi connectivity index (χ3n) is 3.04. The minimum Gasteiger partial charge on any atom is -0.468 e. The van der Waals surface area contributed by atoms with E-state index in [0.717, 1.165) is 30.8 Å². The van der Waals surface area contributed by atoms with Crippen molar-refractivity contribution in [3.8, 4) is 0 Å². The molecule has 0 aliphatic heterocycles. The third kappa shape index (κ3) is 4.48. The summed E-state index contributed by atoms with van der Waals surface area (Å²) in [5.74, 6) is -0.254. The highest BCUT2D eigenvalue weighted by atomic mass is 16.5. The van der Waals surface area contributed by atoms with E-state index in [0.29, 0.717) is 0 Å². The van der Waals surface area contributed by atoms with Gasteiger partial charge in [-0.1, -0.05) is 25.1 Å². The number of esters is 1. The average molecular weight is 262 g/mol. The molecule has 4 heteroatoms. The highest BCUT2D eigenvalue weighted by Gasteiger charge is 2.26. The van der Waals surface area contributed by atoms with Gasteiger partial charge in [-0.05, 0) is 25.6 Å². The smallest absolute Gasteiger partial charge is 0.327 e. The summed E-state index contributed by atoms with van der Waals surface area (Å²) < 4.78 is 4.85. The summed E-state index contributed by atoms with van der Waals surface area (Å²) in [6.07, 6.45) is 2.58. The Morgan fingerprint density at radius 2 is 2.26 bits per heavy atom. The van der Waals surface area contributed by atoms with E-state index in [2.05, 4.69) is 16.5 Å². The van der Waals surface area contributed by atoms with Gasteiger partial charge in [0.1, 0.15) is 6.04 Å². The largest absolute Gasteiger partial charge is 0.468 e. The second-order valence-electron chi connectivity index (χ2n) is 4.47. The number of carbonyl (C=O) groups excluding carboxylic acids is 1. The lowest BCUT2D eigenvalue weighted by molar-refractivity contribution is -0.145. The van der Waals surface area contributed by atoms with Gasteiger partial charge >= 0.3 is 5.97 Å². The number of nitrogens with zero attached hydrogens (tertiary/aromatic N) is 2. The molecule has 0 aliphatic carbocycles. The molecule has 19 heavy (non-hydrogen) atoms. The maximum atomic E-state index is 11.8. The van der Waals surface area contributed by atoms with Crippen molar-refractivity contribution in [2.75, 3.05) is 20.2 Å². The Labute approximate surface area is 115 Å². The summed E-state index contributed by atoms with van der Waals surface area (Å²) in [7, 11) is 1.41. The Bertz CT molecular complexity index is 417. The lowest BCUT2D eigenvalue weighted by Gasteiger charge is -2.28. The summed E-state index contributed by atoms with van der Waals surface area (Å²) in [4.78, 5) is 18.2. The van der Waals surface area contributed by atoms with Crippen LogP contribution in [0.15, 0.2) is 36.5 Å². The molecule has 0 spiro atoms. The molecule has 1 rings (SSSR count). The molecule has 1 aromatic rings. The fraction of sp³-hybridized carbons (Fsp3) is 0.467. The van der Waals surface area contributed by atoms with Crippen LogP contribution in [0, 0.1) is 0 Å². The van der Waals surface area contributed by atoms with E-state index in [1.54, 1.807) is 6.20 Å². The van der Waals surface area contributed by atoms with Crippen LogP contribution in [0.4, 0.5) is 0 Å². The van der Waals surface area contributed by atoms with Crippen LogP contribution < -0.4 is 0 Å². The van der Waals surface area contributed by atoms with Crippen molar-refractivity contribution in [2.45, 2.75) is 26.3 Å². The quantitative estimate of drug-likeness (QED) is 0.557. The number of pyridine rings is 1. The topological polar surface area (TPSA) is 42.4 Å². The van der Waals surface area contributed by atoms with Gasteiger partial charge in [0.15, 0.2) is 0 Å². The van der Waals surface area contributed by atoms with Gasteiger partial charge in [-0.15, -0.1) is 0 Å². The van der Waals surface area contributed by atoms with E-state index < -0.39 is 0 Å². The van der Waals surface area contributed by atoms with Crippen LogP contribution in [0.2, 0.25) is 0 Å². The zero-order valence-corrected chi connectivity index (χ0v) is 11.9. The molecule has 104 valence electrons. The Kier molecular flexibility index (Phi) is 6.22. The maximum absolute atomic E-state index is 11.8. The zero-order valence-electron chi connectivity index (χ0n) is 11.9. The van der Waals surface area contributed by atoms with Crippen molar-refractivity contribution in [1.29, 1.82) is 0 Å². The molecule has 0 aliphatic rings. The number of methoxy groups -OCH3 is 1. The molecule has 4 nitrogen and oxygen atoms in total. The van der Waals surface area contributed by atoms with Crippen LogP contribution in [-0.2, 0) is 16.0 Å². The summed E-state index contributed by atoms with van der Waals surface area (Å²) in [6, 6.07) is 5.47. The van der Waals surface area contributed by atoms with Gasteiger partial charge in [0.2, 0.25) is 0 Å². The zero-order chi connectivity index (χ0) is 14.3. The number of carbonyl (C=O) groups is 1. The van der Waals surface area contributed by atoms with E-state index in [9.17, 15) is 4.79 Å². The Hall–Kier alpha value is -1.68. The van der Waals surface area contributed by atoms with Gasteiger partial charge in [0.05, 0.1) is 7.11 Å². The summed E-state index contributed by atoms with van der Waals surface area (Å²) in [6.45, 7) is 9.28. The fourth-order valence-corrected chi connectivity index (χ4v) is 2.05. The standard InChI is InChI=1S/C15H22N2O2/c1-5-17(14(12(2)3)15(18)19-4)11-9-13-8-6-7-10-16-13/h6-8,10,14H,2,5,9,11H2,1,3-4H3. The van der Waals surface area contributed by atoms with Crippen LogP contribution >= 0.6 is 0 Å². The van der Waals surface area contributed by atoms with Crippen LogP contribution in [0.5, 0.6) is 0 Å². The van der Waals surface area contributed by atoms with Gasteiger partial charge in [0, 0.05) is 24.9 Å². The molecular weight excluding hydrogens is 240 g/mol. The first kappa shape index (κ1) is 15.4. The second kappa shape index (κ2) is 7.69. The van der Waals surface area contributed by atoms with E-state index >= 15 is 0 Å². The van der Waals surface area contributed by atoms with Crippen molar-refractivity contribution in [2.24, 2.45) is 0 Å². The average Bonchev–Trinajstić information content (AvgIpc) is 2.43. The summed E-state index contributed by atoms with van der Waals surface area (Å²) >= 11 is 0. The molecule has 1 atom stereocenters. The van der Waals surface area contributed by atoms with Crippen molar-refractivity contribution >= 4 is 5.97 Å². The molecule has 0 bridgehead atoms. The Morgan fingerprint density at radius 3 is 2.74 bits per heavy atom. The van der Waals surface area contributed by atoms with Crippen molar-refractivity contribution in [3.05, 3.63) is 42.2 Å². The van der Waals surface area contributed by atoms with E-state index in [1.165, 1.54) is 7.11 Å². The first-order chi connectivity index (χ1) is 9.10. The molecule has 0 saturated heterocycles. The first-order valence-corrected chi connectivity index (χ1v) is 6.47. The highest BCUT2D eigenvalue weighted by Crippen LogP contribution is 2.11. The summed E-state index contributed by atoms with van der Waals surface area (Å²) in [5.41, 5.74) is 1.82. The Balaban J connectivity index is 2.70. The predicted octanol–water partition coefficient (Wildman–Crippen LogP) is 2.06. The molecule has 0 saturated carbocycles. The minimum atomic E-state index is -0.376. The number of ether oxygens (including phenoxy) is 1. The monoisotopic (exact) mass is 262 g/mol. The molecular formula is C15H22N2O2. The van der Waals surface area contributed by atoms with Crippen LogP contribution in [-0.4, -0.2) is 42.1 Å². The van der Waals surface area contributed by atoms with Crippen molar-refractivity contribution in [3.63, 3.8) is 0 Å². The van der Waals surface area contributed by atoms with Crippen molar-refractivity contribution in [1.82, 2.24) is 9.88 Å². The predicted molar refractivity (Wildman–Crippen MR) is 75.8 cm³/mol. The molecule has 0 fully saturated rings. The molecule has 1 heterocycles.